The summed E-state index contributed by atoms with van der Waals surface area (Å²) < 4.78 is 5.24. The van der Waals surface area contributed by atoms with Gasteiger partial charge in [-0.1, -0.05) is 87.9 Å². The van der Waals surface area contributed by atoms with Gasteiger partial charge in [-0.3, -0.25) is 0 Å². The molecule has 2 heteroatoms. The highest BCUT2D eigenvalue weighted by molar-refractivity contribution is 5.72. The molecule has 4 heterocycles. The van der Waals surface area contributed by atoms with Crippen molar-refractivity contribution in [1.29, 1.82) is 0 Å². The standard InChI is InChI=1S/C42H46N2/c1-5-8-16-31-22-23-37-36(29-31)39-21-14-15-27-44(39)42(7-3,41(37,4)6-2)26-24-38-34-19-12-13-20-35(34)40-30-33(25-28-43(38)40)32-17-10-9-11-18-32/h9-15,17-23,25,27-30,38H,5-8,16,24,26H2,1-4H3/q+2. The predicted octanol–water partition coefficient (Wildman–Crippen LogP) is 9.77. The van der Waals surface area contributed by atoms with Crippen LogP contribution in [0.5, 0.6) is 0 Å². The molecule has 0 bridgehead atoms. The van der Waals surface area contributed by atoms with Gasteiger partial charge in [-0.2, -0.15) is 9.13 Å². The van der Waals surface area contributed by atoms with Crippen molar-refractivity contribution in [2.45, 2.75) is 89.6 Å². The molecule has 0 saturated carbocycles. The third-order valence-corrected chi connectivity index (χ3v) is 11.3. The van der Waals surface area contributed by atoms with Crippen LogP contribution >= 0.6 is 0 Å². The lowest BCUT2D eigenvalue weighted by molar-refractivity contribution is -0.772. The Balaban J connectivity index is 1.31. The monoisotopic (exact) mass is 578 g/mol. The van der Waals surface area contributed by atoms with Gasteiger partial charge in [0.1, 0.15) is 0 Å². The number of hydrogen-bond donors (Lipinski definition) is 0. The topological polar surface area (TPSA) is 7.76 Å². The molecule has 0 aliphatic carbocycles. The highest BCUT2D eigenvalue weighted by atomic mass is 15.1. The third-order valence-electron chi connectivity index (χ3n) is 11.3. The zero-order valence-corrected chi connectivity index (χ0v) is 26.9. The van der Waals surface area contributed by atoms with E-state index in [1.807, 2.05) is 0 Å². The van der Waals surface area contributed by atoms with E-state index in [1.165, 1.54) is 63.2 Å². The van der Waals surface area contributed by atoms with Gasteiger partial charge in [-0.15, -0.1) is 0 Å². The number of aryl methyl sites for hydroxylation is 1. The molecule has 3 aromatic carbocycles. The van der Waals surface area contributed by atoms with Crippen LogP contribution in [0.3, 0.4) is 0 Å². The van der Waals surface area contributed by atoms with Crippen LogP contribution in [0.1, 0.15) is 89.0 Å². The fraction of sp³-hybridized carbons (Fsp3) is 0.333. The van der Waals surface area contributed by atoms with Crippen LogP contribution in [0.2, 0.25) is 0 Å². The Morgan fingerprint density at radius 2 is 1.48 bits per heavy atom. The van der Waals surface area contributed by atoms with Gasteiger partial charge in [0.25, 0.3) is 0 Å². The Labute approximate surface area is 264 Å². The van der Waals surface area contributed by atoms with E-state index in [9.17, 15) is 0 Å². The smallest absolute Gasteiger partial charge is 0.192 e. The number of benzene rings is 3. The maximum atomic E-state index is 2.69. The van der Waals surface area contributed by atoms with Crippen molar-refractivity contribution in [2.24, 2.45) is 0 Å². The molecule has 2 aliphatic heterocycles. The van der Waals surface area contributed by atoms with Gasteiger partial charge < -0.3 is 0 Å². The summed E-state index contributed by atoms with van der Waals surface area (Å²) in [5.41, 5.74) is 12.5. The summed E-state index contributed by atoms with van der Waals surface area (Å²) in [7, 11) is 0. The number of fused-ring (bicyclic) bond motifs is 6. The van der Waals surface area contributed by atoms with E-state index < -0.39 is 0 Å². The number of pyridine rings is 2. The van der Waals surface area contributed by atoms with Crippen molar-refractivity contribution in [3.05, 3.63) is 132 Å². The normalized spacial score (nSPS) is 21.3. The molecular formula is C42H46N2+2. The quantitative estimate of drug-likeness (QED) is 0.154. The fourth-order valence-electron chi connectivity index (χ4n) is 8.68. The van der Waals surface area contributed by atoms with Crippen molar-refractivity contribution < 1.29 is 9.13 Å². The van der Waals surface area contributed by atoms with Crippen molar-refractivity contribution >= 4 is 0 Å². The van der Waals surface area contributed by atoms with Crippen LogP contribution in [0.15, 0.2) is 116 Å². The van der Waals surface area contributed by atoms with Crippen molar-refractivity contribution in [3.63, 3.8) is 0 Å². The Morgan fingerprint density at radius 3 is 2.27 bits per heavy atom. The first-order valence-corrected chi connectivity index (χ1v) is 16.9. The van der Waals surface area contributed by atoms with Crippen LogP contribution in [-0.4, -0.2) is 0 Å². The lowest BCUT2D eigenvalue weighted by atomic mass is 9.58. The molecule has 0 radical (unpaired) electrons. The Hall–Kier alpha value is -4.04. The van der Waals surface area contributed by atoms with Gasteiger partial charge in [-0.25, -0.2) is 0 Å². The first kappa shape index (κ1) is 28.7. The minimum atomic E-state index is -0.0293. The molecular weight excluding hydrogens is 532 g/mol. The largest absolute Gasteiger partial charge is 0.214 e. The fourth-order valence-corrected chi connectivity index (χ4v) is 8.68. The van der Waals surface area contributed by atoms with Gasteiger partial charge in [0.15, 0.2) is 24.0 Å². The molecule has 3 atom stereocenters. The highest BCUT2D eigenvalue weighted by Crippen LogP contribution is 2.53. The maximum Gasteiger partial charge on any atom is 0.214 e. The molecule has 3 unspecified atom stereocenters. The summed E-state index contributed by atoms with van der Waals surface area (Å²) in [6, 6.07) is 39.2. The van der Waals surface area contributed by atoms with E-state index in [2.05, 4.69) is 152 Å². The van der Waals surface area contributed by atoms with E-state index in [-0.39, 0.29) is 11.0 Å². The summed E-state index contributed by atoms with van der Waals surface area (Å²) >= 11 is 0. The minimum Gasteiger partial charge on any atom is -0.192 e. The SMILES string of the molecule is CCCCc1ccc2c(c1)-c1cccc[n+]1C(CC)(CCC1c3ccccc3-c3cc(-c4ccccc4)cc[n+]31)C2(C)CC. The summed E-state index contributed by atoms with van der Waals surface area (Å²) in [5.74, 6) is 0. The number of aromatic nitrogens is 2. The van der Waals surface area contributed by atoms with Gasteiger partial charge in [0.2, 0.25) is 11.4 Å². The van der Waals surface area contributed by atoms with Crippen molar-refractivity contribution in [2.75, 3.05) is 0 Å². The summed E-state index contributed by atoms with van der Waals surface area (Å²) in [5, 5.41) is 0. The van der Waals surface area contributed by atoms with Crippen LogP contribution in [0.25, 0.3) is 33.6 Å². The minimum absolute atomic E-state index is 0.0160. The van der Waals surface area contributed by atoms with Crippen molar-refractivity contribution in [3.8, 4) is 33.6 Å². The average molecular weight is 579 g/mol. The van der Waals surface area contributed by atoms with E-state index in [0.717, 1.165) is 32.1 Å². The Kier molecular flexibility index (Phi) is 7.49. The molecule has 0 spiro atoms. The molecule has 2 nitrogen and oxygen atoms in total. The number of nitrogens with zero attached hydrogens (tertiary/aromatic N) is 2. The maximum absolute atomic E-state index is 2.69. The number of hydrogen-bond acceptors (Lipinski definition) is 0. The first-order valence-electron chi connectivity index (χ1n) is 16.9. The second-order valence-electron chi connectivity index (χ2n) is 13.2. The van der Waals surface area contributed by atoms with E-state index in [4.69, 9.17) is 0 Å². The Bertz CT molecular complexity index is 1800. The van der Waals surface area contributed by atoms with Crippen LogP contribution < -0.4 is 9.13 Å². The molecule has 0 amide bonds. The molecule has 2 aromatic heterocycles. The molecule has 0 saturated heterocycles. The molecule has 2 aliphatic rings. The van der Waals surface area contributed by atoms with E-state index >= 15 is 0 Å². The molecule has 44 heavy (non-hydrogen) atoms. The van der Waals surface area contributed by atoms with Crippen LogP contribution in [-0.2, 0) is 17.4 Å². The second-order valence-corrected chi connectivity index (χ2v) is 13.2. The molecule has 0 fully saturated rings. The van der Waals surface area contributed by atoms with Gasteiger partial charge >= 0.3 is 0 Å². The third kappa shape index (κ3) is 4.37. The number of rotatable bonds is 9. The second kappa shape index (κ2) is 11.5. The van der Waals surface area contributed by atoms with E-state index in [1.54, 1.807) is 0 Å². The van der Waals surface area contributed by atoms with Crippen LogP contribution in [0, 0.1) is 0 Å². The lowest BCUT2D eigenvalue weighted by Gasteiger charge is -2.48. The highest BCUT2D eigenvalue weighted by Gasteiger charge is 2.59. The molecule has 5 aromatic rings. The predicted molar refractivity (Wildman–Crippen MR) is 181 cm³/mol. The summed E-state index contributed by atoms with van der Waals surface area (Å²) in [4.78, 5) is 0. The average Bonchev–Trinajstić information content (AvgIpc) is 3.40. The molecule has 0 N–H and O–H groups in total. The number of unbranched alkanes of at least 4 members (excludes halogenated alkanes) is 1. The van der Waals surface area contributed by atoms with E-state index in [0.29, 0.717) is 6.04 Å². The molecule has 7 rings (SSSR count). The lowest BCUT2D eigenvalue weighted by Crippen LogP contribution is -2.69. The summed E-state index contributed by atoms with van der Waals surface area (Å²) in [6.45, 7) is 9.68. The molecule has 222 valence electrons. The zero-order valence-electron chi connectivity index (χ0n) is 26.9. The van der Waals surface area contributed by atoms with Crippen LogP contribution in [0.4, 0.5) is 0 Å². The van der Waals surface area contributed by atoms with Gasteiger partial charge in [0, 0.05) is 49.1 Å². The zero-order chi connectivity index (χ0) is 30.3. The summed E-state index contributed by atoms with van der Waals surface area (Å²) in [6.07, 6.45) is 12.7. The first-order chi connectivity index (χ1) is 21.5. The Morgan fingerprint density at radius 1 is 0.682 bits per heavy atom. The van der Waals surface area contributed by atoms with Gasteiger partial charge in [-0.05, 0) is 66.6 Å². The van der Waals surface area contributed by atoms with Gasteiger partial charge in [0.05, 0.1) is 16.5 Å². The van der Waals surface area contributed by atoms with Crippen molar-refractivity contribution in [1.82, 2.24) is 0 Å².